The third-order valence-electron chi connectivity index (χ3n) is 10.2. The molecule has 0 fully saturated rings. The molecule has 2 heterocycles. The average molecular weight is 915 g/mol. The zero-order valence-corrected chi connectivity index (χ0v) is 37.6. The van der Waals surface area contributed by atoms with Crippen LogP contribution in [0.4, 0.5) is 0 Å². The second-order valence-electron chi connectivity index (χ2n) is 14.5. The molecule has 7 aromatic rings. The van der Waals surface area contributed by atoms with Gasteiger partial charge in [-0.2, -0.15) is 10.5 Å². The van der Waals surface area contributed by atoms with Crippen molar-refractivity contribution >= 4 is 60.6 Å². The van der Waals surface area contributed by atoms with Gasteiger partial charge in [0.25, 0.3) is 0 Å². The van der Waals surface area contributed by atoms with E-state index in [1.807, 2.05) is 86.3 Å². The van der Waals surface area contributed by atoms with Crippen molar-refractivity contribution in [2.24, 2.45) is 4.99 Å². The molecule has 9 heteroatoms. The number of benzene rings is 7. The van der Waals surface area contributed by atoms with E-state index in [2.05, 4.69) is 112 Å². The van der Waals surface area contributed by atoms with Gasteiger partial charge in [-0.15, -0.1) is 0 Å². The molecule has 7 aromatic carbocycles. The minimum atomic E-state index is -3.43. The van der Waals surface area contributed by atoms with Gasteiger partial charge in [-0.3, -0.25) is 4.99 Å². The van der Waals surface area contributed by atoms with E-state index in [1.54, 1.807) is 36.0 Å². The molecular formula is C52H40BrN3O2S3. The number of halogens is 1. The number of hydrogen-bond acceptors (Lipinski definition) is 7. The first kappa shape index (κ1) is 43.2. The number of nitrogens with zero attached hydrogens (tertiary/aromatic N) is 3. The lowest BCUT2D eigenvalue weighted by atomic mass is 9.95. The maximum atomic E-state index is 12.5. The van der Waals surface area contributed by atoms with Crippen LogP contribution in [0.2, 0.25) is 0 Å². The third kappa shape index (κ3) is 10.9. The molecule has 0 bridgehead atoms. The molecule has 9 rings (SSSR count). The van der Waals surface area contributed by atoms with Crippen LogP contribution >= 0.6 is 39.5 Å². The van der Waals surface area contributed by atoms with Crippen molar-refractivity contribution < 1.29 is 8.42 Å². The Morgan fingerprint density at radius 2 is 1.13 bits per heavy atom. The number of aryl methyl sites for hydroxylation is 1. The molecule has 2 aliphatic rings. The van der Waals surface area contributed by atoms with Crippen LogP contribution in [0.5, 0.6) is 0 Å². The van der Waals surface area contributed by atoms with Crippen LogP contribution in [0.15, 0.2) is 198 Å². The minimum Gasteiger partial charge on any atom is -0.273 e. The second kappa shape index (κ2) is 19.6. The molecule has 0 N–H and O–H groups in total. The van der Waals surface area contributed by atoms with E-state index in [0.717, 1.165) is 50.9 Å². The minimum absolute atomic E-state index is 0.240. The predicted molar refractivity (Wildman–Crippen MR) is 253 cm³/mol. The smallest absolute Gasteiger partial charge is 0.198 e. The molecule has 5 nitrogen and oxygen atoms in total. The van der Waals surface area contributed by atoms with Gasteiger partial charge in [0, 0.05) is 29.8 Å². The Labute approximate surface area is 375 Å². The molecule has 300 valence electrons. The number of nitriles is 2. The molecule has 61 heavy (non-hydrogen) atoms. The first-order valence-corrected chi connectivity index (χ1v) is 23.5. The summed E-state index contributed by atoms with van der Waals surface area (Å²) >= 11 is 6.87. The fourth-order valence-electron chi connectivity index (χ4n) is 6.79. The van der Waals surface area contributed by atoms with E-state index in [-0.39, 0.29) is 5.88 Å². The van der Waals surface area contributed by atoms with E-state index in [4.69, 9.17) is 10.5 Å². The quantitative estimate of drug-likeness (QED) is 0.154. The lowest BCUT2D eigenvalue weighted by Crippen LogP contribution is -2.08. The summed E-state index contributed by atoms with van der Waals surface area (Å²) in [5.41, 5.74) is 12.5. The molecule has 0 spiro atoms. The van der Waals surface area contributed by atoms with Crippen LogP contribution in [0.25, 0.3) is 5.57 Å². The molecule has 0 amide bonds. The topological polar surface area (TPSA) is 94.1 Å². The zero-order valence-electron chi connectivity index (χ0n) is 33.6. The first-order valence-electron chi connectivity index (χ1n) is 19.4. The highest BCUT2D eigenvalue weighted by molar-refractivity contribution is 9.10. The first-order chi connectivity index (χ1) is 29.5. The Hall–Kier alpha value is -5.94. The van der Waals surface area contributed by atoms with E-state index in [0.29, 0.717) is 16.0 Å². The lowest BCUT2D eigenvalue weighted by molar-refractivity contribution is 0.596. The van der Waals surface area contributed by atoms with Gasteiger partial charge in [0.05, 0.1) is 28.2 Å². The van der Waals surface area contributed by atoms with Crippen molar-refractivity contribution in [1.82, 2.24) is 0 Å². The summed E-state index contributed by atoms with van der Waals surface area (Å²) in [5, 5.41) is 17.5. The second-order valence-corrected chi connectivity index (χ2v) is 19.6. The fraction of sp³-hybridized carbons (Fsp3) is 0.0962. The van der Waals surface area contributed by atoms with Gasteiger partial charge in [-0.25, -0.2) is 8.42 Å². The Morgan fingerprint density at radius 3 is 1.70 bits per heavy atom. The van der Waals surface area contributed by atoms with Crippen LogP contribution in [0.1, 0.15) is 62.6 Å². The summed E-state index contributed by atoms with van der Waals surface area (Å²) in [6.45, 7) is 8.05. The maximum Gasteiger partial charge on any atom is 0.198 e. The molecule has 0 aliphatic carbocycles. The van der Waals surface area contributed by atoms with E-state index < -0.39 is 9.84 Å². The SMILES string of the molecule is C=C(c1cccc(C#N)c1)c1ccc2c(c1)Cc1ccccc1S2.CC(=NCS(=O)(=O)c1ccc(C)cc1)c1ccc2c(c1)Cc1ccccc1S2.N#Cc1cccc(Br)c1. The Kier molecular flexibility index (Phi) is 13.9. The van der Waals surface area contributed by atoms with E-state index >= 15 is 0 Å². The van der Waals surface area contributed by atoms with Crippen molar-refractivity contribution in [3.05, 3.63) is 224 Å². The normalized spacial score (nSPS) is 12.2. The summed E-state index contributed by atoms with van der Waals surface area (Å²) in [6, 6.07) is 55.9. The molecule has 0 aromatic heterocycles. The van der Waals surface area contributed by atoms with Crippen LogP contribution in [-0.2, 0) is 22.7 Å². The van der Waals surface area contributed by atoms with Gasteiger partial charge in [-0.05, 0) is 150 Å². The van der Waals surface area contributed by atoms with Gasteiger partial charge in [0.1, 0.15) is 5.88 Å². The summed E-state index contributed by atoms with van der Waals surface area (Å²) in [6.07, 6.45) is 1.85. The number of hydrogen-bond donors (Lipinski definition) is 0. The molecule has 2 aliphatic heterocycles. The van der Waals surface area contributed by atoms with Gasteiger partial charge >= 0.3 is 0 Å². The van der Waals surface area contributed by atoms with Crippen molar-refractivity contribution in [1.29, 1.82) is 10.5 Å². The fourth-order valence-corrected chi connectivity index (χ4v) is 10.4. The number of fused-ring (bicyclic) bond motifs is 4. The highest BCUT2D eigenvalue weighted by Gasteiger charge is 2.19. The van der Waals surface area contributed by atoms with Gasteiger partial charge in [-0.1, -0.05) is 130 Å². The predicted octanol–water partition coefficient (Wildman–Crippen LogP) is 13.3. The Morgan fingerprint density at radius 1 is 0.623 bits per heavy atom. The van der Waals surface area contributed by atoms with E-state index in [9.17, 15) is 8.42 Å². The van der Waals surface area contributed by atoms with Crippen LogP contribution in [0, 0.1) is 29.6 Å². The van der Waals surface area contributed by atoms with Gasteiger partial charge < -0.3 is 0 Å². The highest BCUT2D eigenvalue weighted by atomic mass is 79.9. The van der Waals surface area contributed by atoms with Gasteiger partial charge in [0.2, 0.25) is 0 Å². The highest BCUT2D eigenvalue weighted by Crippen LogP contribution is 2.41. The van der Waals surface area contributed by atoms with Crippen molar-refractivity contribution in [2.45, 2.75) is 51.2 Å². The summed E-state index contributed by atoms with van der Waals surface area (Å²) in [4.78, 5) is 9.91. The largest absolute Gasteiger partial charge is 0.273 e. The standard InChI is InChI=1S/C23H21NO2S2.C22H15NS.C7H4BrN/c1-16-7-10-21(11-8-16)28(25,26)15-24-17(2)18-9-12-23-20(13-18)14-19-5-3-4-6-22(19)27-23;1-15(17-7-4-5-16(11-17)14-23)18-9-10-22-20(12-18)13-19-6-2-3-8-21(19)24-22;8-7-3-1-2-6(4-7)5-9/h3-13H,14-15H2,1-2H3;2-12H,1,13H2;1-4H. The molecule has 0 radical (unpaired) electrons. The Balaban J connectivity index is 0.000000154. The molecule has 0 atom stereocenters. The average Bonchev–Trinajstić information content (AvgIpc) is 3.29. The lowest BCUT2D eigenvalue weighted by Gasteiger charge is -2.20. The third-order valence-corrected chi connectivity index (χ3v) is 14.6. The molecule has 0 unspecified atom stereocenters. The Bertz CT molecular complexity index is 3000. The molecule has 0 saturated carbocycles. The van der Waals surface area contributed by atoms with Crippen LogP contribution < -0.4 is 0 Å². The summed E-state index contributed by atoms with van der Waals surface area (Å²) < 4.78 is 26.0. The zero-order chi connectivity index (χ0) is 42.9. The maximum absolute atomic E-state index is 12.5. The molecule has 0 saturated heterocycles. The van der Waals surface area contributed by atoms with Crippen LogP contribution in [-0.4, -0.2) is 20.0 Å². The van der Waals surface area contributed by atoms with Crippen molar-refractivity contribution in [2.75, 3.05) is 5.88 Å². The van der Waals surface area contributed by atoms with E-state index in [1.165, 1.54) is 41.8 Å². The van der Waals surface area contributed by atoms with Crippen LogP contribution in [0.3, 0.4) is 0 Å². The number of sulfone groups is 1. The monoisotopic (exact) mass is 913 g/mol. The molecular weight excluding hydrogens is 875 g/mol. The van der Waals surface area contributed by atoms with Crippen molar-refractivity contribution in [3.8, 4) is 12.1 Å². The van der Waals surface area contributed by atoms with Crippen molar-refractivity contribution in [3.63, 3.8) is 0 Å². The number of aliphatic imine (C=N–C) groups is 1. The number of rotatable bonds is 6. The summed E-state index contributed by atoms with van der Waals surface area (Å²) in [5.74, 6) is -0.240. The summed E-state index contributed by atoms with van der Waals surface area (Å²) in [7, 11) is -3.43. The van der Waals surface area contributed by atoms with Gasteiger partial charge in [0.15, 0.2) is 9.84 Å².